The van der Waals surface area contributed by atoms with Crippen LogP contribution in [0.5, 0.6) is 0 Å². The summed E-state index contributed by atoms with van der Waals surface area (Å²) in [5, 5.41) is 7.45. The van der Waals surface area contributed by atoms with Crippen LogP contribution in [0.4, 0.5) is 4.39 Å². The summed E-state index contributed by atoms with van der Waals surface area (Å²) in [5.74, 6) is -0.292. The van der Waals surface area contributed by atoms with E-state index >= 15 is 0 Å². The smallest absolute Gasteiger partial charge is 0.306 e. The van der Waals surface area contributed by atoms with Crippen molar-refractivity contribution in [1.29, 1.82) is 0 Å². The molecule has 2 aliphatic rings. The summed E-state index contributed by atoms with van der Waals surface area (Å²) >= 11 is 0. The zero-order valence-electron chi connectivity index (χ0n) is 15.7. The average Bonchev–Trinajstić information content (AvgIpc) is 3.34. The van der Waals surface area contributed by atoms with Gasteiger partial charge in [0.25, 0.3) is 0 Å². The Morgan fingerprint density at radius 3 is 2.75 bits per heavy atom. The molecule has 7 heteroatoms. The van der Waals surface area contributed by atoms with Crippen LogP contribution < -0.4 is 5.32 Å². The number of hydrogen-bond donors (Lipinski definition) is 1. The Bertz CT molecular complexity index is 872. The molecule has 0 unspecified atom stereocenters. The topological polar surface area (TPSA) is 73.2 Å². The first-order valence-corrected chi connectivity index (χ1v) is 9.91. The van der Waals surface area contributed by atoms with Gasteiger partial charge >= 0.3 is 5.97 Å². The van der Waals surface area contributed by atoms with E-state index in [9.17, 15) is 14.0 Å². The van der Waals surface area contributed by atoms with Crippen molar-refractivity contribution in [2.45, 2.75) is 51.6 Å². The van der Waals surface area contributed by atoms with Crippen molar-refractivity contribution in [2.75, 3.05) is 6.54 Å². The lowest BCUT2D eigenvalue weighted by molar-refractivity contribution is -0.145. The summed E-state index contributed by atoms with van der Waals surface area (Å²) in [7, 11) is 0. The summed E-state index contributed by atoms with van der Waals surface area (Å²) in [6.07, 6.45) is 5.65. The zero-order valence-corrected chi connectivity index (χ0v) is 15.7. The maximum Gasteiger partial charge on any atom is 0.306 e. The van der Waals surface area contributed by atoms with Crippen molar-refractivity contribution in [3.63, 3.8) is 0 Å². The molecule has 6 nitrogen and oxygen atoms in total. The van der Waals surface area contributed by atoms with Crippen LogP contribution in [0.1, 0.15) is 49.1 Å². The van der Waals surface area contributed by atoms with Crippen molar-refractivity contribution < 1.29 is 18.7 Å². The van der Waals surface area contributed by atoms with Gasteiger partial charge in [-0.2, -0.15) is 5.10 Å². The van der Waals surface area contributed by atoms with Crippen molar-refractivity contribution in [2.24, 2.45) is 5.92 Å². The van der Waals surface area contributed by atoms with Gasteiger partial charge in [0, 0.05) is 30.1 Å². The summed E-state index contributed by atoms with van der Waals surface area (Å²) in [6.45, 7) is 0.642. The fraction of sp³-hybridized carbons (Fsp3) is 0.476. The number of esters is 1. The largest absolute Gasteiger partial charge is 0.459 e. The molecule has 148 valence electrons. The number of hydrogen-bond acceptors (Lipinski definition) is 4. The zero-order chi connectivity index (χ0) is 19.5. The van der Waals surface area contributed by atoms with E-state index in [1.165, 1.54) is 12.1 Å². The maximum atomic E-state index is 13.2. The first-order chi connectivity index (χ1) is 13.6. The van der Waals surface area contributed by atoms with Crippen LogP contribution in [0.3, 0.4) is 0 Å². The van der Waals surface area contributed by atoms with E-state index in [0.717, 1.165) is 54.7 Å². The van der Waals surface area contributed by atoms with E-state index in [2.05, 4.69) is 10.4 Å². The van der Waals surface area contributed by atoms with E-state index in [0.29, 0.717) is 13.0 Å². The number of carbonyl (C=O) groups is 2. The third-order valence-corrected chi connectivity index (χ3v) is 5.26. The Morgan fingerprint density at radius 1 is 1.21 bits per heavy atom. The Morgan fingerprint density at radius 2 is 2.00 bits per heavy atom. The van der Waals surface area contributed by atoms with E-state index < -0.39 is 0 Å². The molecule has 28 heavy (non-hydrogen) atoms. The van der Waals surface area contributed by atoms with Gasteiger partial charge in [0.15, 0.2) is 0 Å². The SMILES string of the molecule is O=C(CCCNC(=O)C1CC1)OCc1nn(-c2ccc(F)cc2)c2c1CCC2. The van der Waals surface area contributed by atoms with Crippen LogP contribution in [0.2, 0.25) is 0 Å². The average molecular weight is 385 g/mol. The highest BCUT2D eigenvalue weighted by Gasteiger charge is 2.29. The summed E-state index contributed by atoms with van der Waals surface area (Å²) in [6, 6.07) is 6.24. The maximum absolute atomic E-state index is 13.2. The van der Waals surface area contributed by atoms with Gasteiger partial charge in [-0.15, -0.1) is 0 Å². The Kier molecular flexibility index (Phi) is 5.41. The van der Waals surface area contributed by atoms with E-state index in [1.807, 2.05) is 4.68 Å². The Labute approximate surface area is 163 Å². The number of amides is 1. The number of carbonyl (C=O) groups excluding carboxylic acids is 2. The first-order valence-electron chi connectivity index (χ1n) is 9.91. The lowest BCUT2D eigenvalue weighted by Crippen LogP contribution is -2.26. The molecule has 0 spiro atoms. The van der Waals surface area contributed by atoms with Crippen LogP contribution in [0.25, 0.3) is 5.69 Å². The summed E-state index contributed by atoms with van der Waals surface area (Å²) < 4.78 is 20.4. The van der Waals surface area contributed by atoms with E-state index in [1.54, 1.807) is 12.1 Å². The quantitative estimate of drug-likeness (QED) is 0.560. The number of fused-ring (bicyclic) bond motifs is 1. The van der Waals surface area contributed by atoms with Crippen molar-refractivity contribution in [3.05, 3.63) is 47.0 Å². The molecule has 0 radical (unpaired) electrons. The first kappa shape index (κ1) is 18.7. The van der Waals surface area contributed by atoms with Crippen LogP contribution in [-0.4, -0.2) is 28.2 Å². The second-order valence-corrected chi connectivity index (χ2v) is 7.44. The molecule has 0 saturated heterocycles. The highest BCUT2D eigenvalue weighted by Crippen LogP contribution is 2.29. The second-order valence-electron chi connectivity index (χ2n) is 7.44. The number of nitrogens with one attached hydrogen (secondary N) is 1. The monoisotopic (exact) mass is 385 g/mol. The van der Waals surface area contributed by atoms with Crippen molar-refractivity contribution in [3.8, 4) is 5.69 Å². The van der Waals surface area contributed by atoms with Gasteiger partial charge < -0.3 is 10.1 Å². The molecular weight excluding hydrogens is 361 g/mol. The number of halogens is 1. The predicted octanol–water partition coefficient (Wildman–Crippen LogP) is 2.85. The molecule has 0 bridgehead atoms. The molecule has 4 rings (SSSR count). The van der Waals surface area contributed by atoms with Crippen molar-refractivity contribution in [1.82, 2.24) is 15.1 Å². The number of aromatic nitrogens is 2. The van der Waals surface area contributed by atoms with Crippen LogP contribution in [0, 0.1) is 11.7 Å². The summed E-state index contributed by atoms with van der Waals surface area (Å²) in [5.41, 5.74) is 3.82. The van der Waals surface area contributed by atoms with Crippen LogP contribution in [0.15, 0.2) is 24.3 Å². The third-order valence-electron chi connectivity index (χ3n) is 5.26. The Hall–Kier alpha value is -2.70. The van der Waals surface area contributed by atoms with Gasteiger partial charge in [0.1, 0.15) is 18.1 Å². The fourth-order valence-electron chi connectivity index (χ4n) is 3.58. The van der Waals surface area contributed by atoms with E-state index in [-0.39, 0.29) is 36.6 Å². The molecule has 1 aromatic heterocycles. The molecule has 2 aliphatic carbocycles. The molecule has 0 atom stereocenters. The van der Waals surface area contributed by atoms with E-state index in [4.69, 9.17) is 4.74 Å². The van der Waals surface area contributed by atoms with Crippen LogP contribution in [-0.2, 0) is 33.8 Å². The number of rotatable bonds is 8. The second kappa shape index (κ2) is 8.12. The van der Waals surface area contributed by atoms with Crippen molar-refractivity contribution >= 4 is 11.9 Å². The lowest BCUT2D eigenvalue weighted by atomic mass is 10.2. The minimum atomic E-state index is -0.288. The van der Waals surface area contributed by atoms with Crippen LogP contribution >= 0.6 is 0 Å². The van der Waals surface area contributed by atoms with Gasteiger partial charge in [-0.25, -0.2) is 9.07 Å². The fourth-order valence-corrected chi connectivity index (χ4v) is 3.58. The van der Waals surface area contributed by atoms with Gasteiger partial charge in [-0.3, -0.25) is 9.59 Å². The molecule has 1 heterocycles. The Balaban J connectivity index is 1.31. The molecule has 1 aromatic carbocycles. The highest BCUT2D eigenvalue weighted by molar-refractivity contribution is 5.80. The predicted molar refractivity (Wildman–Crippen MR) is 100 cm³/mol. The normalized spacial score (nSPS) is 15.3. The minimum absolute atomic E-state index is 0.0928. The number of nitrogens with zero attached hydrogens (tertiary/aromatic N) is 2. The molecular formula is C21H24FN3O3. The number of benzene rings is 1. The molecule has 1 N–H and O–H groups in total. The highest BCUT2D eigenvalue weighted by atomic mass is 19.1. The molecule has 0 aliphatic heterocycles. The van der Waals surface area contributed by atoms with Gasteiger partial charge in [0.2, 0.25) is 5.91 Å². The molecule has 1 fully saturated rings. The number of ether oxygens (including phenoxy) is 1. The summed E-state index contributed by atoms with van der Waals surface area (Å²) in [4.78, 5) is 23.6. The standard InChI is InChI=1S/C21H24FN3O3/c22-15-8-10-16(11-9-15)25-19-4-1-3-17(19)18(24-25)13-28-20(26)5-2-12-23-21(27)14-6-7-14/h8-11,14H,1-7,12-13H2,(H,23,27). The molecule has 1 saturated carbocycles. The van der Waals surface area contributed by atoms with Gasteiger partial charge in [-0.05, 0) is 62.8 Å². The lowest BCUT2D eigenvalue weighted by Gasteiger charge is -2.06. The minimum Gasteiger partial charge on any atom is -0.459 e. The van der Waals surface area contributed by atoms with Gasteiger partial charge in [-0.1, -0.05) is 0 Å². The van der Waals surface area contributed by atoms with Gasteiger partial charge in [0.05, 0.1) is 5.69 Å². The third kappa shape index (κ3) is 4.24. The molecule has 2 aromatic rings. The molecule has 1 amide bonds.